The zero-order chi connectivity index (χ0) is 22.3. The highest BCUT2D eigenvalue weighted by Gasteiger charge is 2.14. The van der Waals surface area contributed by atoms with E-state index in [0.29, 0.717) is 12.8 Å². The zero-order valence-corrected chi connectivity index (χ0v) is 18.3. The average molecular weight is 438 g/mol. The summed E-state index contributed by atoms with van der Waals surface area (Å²) in [4.78, 5) is 14.2. The lowest BCUT2D eigenvalue weighted by Crippen LogP contribution is -2.27. The lowest BCUT2D eigenvalue weighted by atomic mass is 10.1. The summed E-state index contributed by atoms with van der Waals surface area (Å²) >= 11 is 0. The number of H-pyrrole nitrogens is 1. The predicted octanol–water partition coefficient (Wildman–Crippen LogP) is 4.75. The summed E-state index contributed by atoms with van der Waals surface area (Å²) in [6.07, 6.45) is 5.09. The molecule has 1 aromatic heterocycles. The van der Waals surface area contributed by atoms with Crippen molar-refractivity contribution >= 4 is 5.91 Å². The molecule has 1 aliphatic rings. The number of rotatable bonds is 10. The Morgan fingerprint density at radius 1 is 1.03 bits per heavy atom. The van der Waals surface area contributed by atoms with Gasteiger partial charge in [-0.15, -0.1) is 0 Å². The number of amides is 1. The number of carbonyl (C=O) groups excluding carboxylic acids is 1. The van der Waals surface area contributed by atoms with Gasteiger partial charge in [-0.05, 0) is 73.7 Å². The normalized spacial score (nSPS) is 12.2. The minimum atomic E-state index is -0.249. The molecule has 0 atom stereocenters. The highest BCUT2D eigenvalue weighted by Crippen LogP contribution is 2.32. The number of unbranched alkanes of at least 4 members (excludes halogenated alkanes) is 2. The molecule has 3 aromatic rings. The fourth-order valence-electron chi connectivity index (χ4n) is 3.76. The first kappa shape index (κ1) is 21.9. The molecule has 4 rings (SSSR count). The summed E-state index contributed by atoms with van der Waals surface area (Å²) in [5.41, 5.74) is 3.87. The first-order valence-electron chi connectivity index (χ1n) is 11.0. The number of aryl methyl sites for hydroxylation is 2. The van der Waals surface area contributed by atoms with E-state index in [0.717, 1.165) is 66.2 Å². The Morgan fingerprint density at radius 3 is 2.69 bits per heavy atom. The standard InChI is InChI=1S/C25H28FN3O3/c1-29(25(30)13-7-18-6-12-23-24(15-18)32-17-31-23)14-4-2-3-5-21-16-22(28-27-21)19-8-10-20(26)11-9-19/h6,8-12,15-16H,2-5,7,13-14,17H2,1H3,(H,27,28). The molecule has 0 bridgehead atoms. The van der Waals surface area contributed by atoms with E-state index in [4.69, 9.17) is 9.47 Å². The Kier molecular flexibility index (Phi) is 7.04. The molecule has 0 saturated carbocycles. The highest BCUT2D eigenvalue weighted by molar-refractivity contribution is 5.76. The van der Waals surface area contributed by atoms with Gasteiger partial charge in [0.25, 0.3) is 0 Å². The topological polar surface area (TPSA) is 67.5 Å². The number of nitrogens with zero attached hydrogens (tertiary/aromatic N) is 2. The molecule has 1 amide bonds. The molecular weight excluding hydrogens is 409 g/mol. The number of halogens is 1. The summed E-state index contributed by atoms with van der Waals surface area (Å²) in [5, 5.41) is 7.38. The maximum Gasteiger partial charge on any atom is 0.231 e. The lowest BCUT2D eigenvalue weighted by molar-refractivity contribution is -0.129. The molecule has 1 N–H and O–H groups in total. The highest BCUT2D eigenvalue weighted by atomic mass is 19.1. The fourth-order valence-corrected chi connectivity index (χ4v) is 3.76. The zero-order valence-electron chi connectivity index (χ0n) is 18.3. The van der Waals surface area contributed by atoms with E-state index in [1.165, 1.54) is 12.1 Å². The van der Waals surface area contributed by atoms with Gasteiger partial charge in [0.15, 0.2) is 11.5 Å². The van der Waals surface area contributed by atoms with Crippen molar-refractivity contribution in [2.24, 2.45) is 0 Å². The van der Waals surface area contributed by atoms with Gasteiger partial charge >= 0.3 is 0 Å². The second-order valence-corrected chi connectivity index (χ2v) is 8.10. The SMILES string of the molecule is CN(CCCCCc1cc(-c2ccc(F)cc2)n[nH]1)C(=O)CCc1ccc2c(c1)OCO2. The summed E-state index contributed by atoms with van der Waals surface area (Å²) < 4.78 is 23.8. The Balaban J connectivity index is 1.13. The van der Waals surface area contributed by atoms with Crippen LogP contribution in [-0.4, -0.2) is 41.4 Å². The number of ether oxygens (including phenoxy) is 2. The number of nitrogens with one attached hydrogen (secondary N) is 1. The van der Waals surface area contributed by atoms with Crippen LogP contribution in [0.3, 0.4) is 0 Å². The quantitative estimate of drug-likeness (QED) is 0.465. The second-order valence-electron chi connectivity index (χ2n) is 8.10. The van der Waals surface area contributed by atoms with E-state index in [2.05, 4.69) is 10.2 Å². The monoisotopic (exact) mass is 437 g/mol. The average Bonchev–Trinajstić information content (AvgIpc) is 3.47. The van der Waals surface area contributed by atoms with Crippen molar-refractivity contribution in [2.45, 2.75) is 38.5 Å². The van der Waals surface area contributed by atoms with Gasteiger partial charge in [0.2, 0.25) is 12.7 Å². The van der Waals surface area contributed by atoms with Gasteiger partial charge in [-0.3, -0.25) is 9.89 Å². The number of carbonyl (C=O) groups is 1. The van der Waals surface area contributed by atoms with Crippen LogP contribution >= 0.6 is 0 Å². The van der Waals surface area contributed by atoms with E-state index in [1.54, 1.807) is 12.1 Å². The molecule has 7 heteroatoms. The summed E-state index contributed by atoms with van der Waals surface area (Å²) in [7, 11) is 1.87. The number of hydrogen-bond donors (Lipinski definition) is 1. The van der Waals surface area contributed by atoms with Crippen LogP contribution in [0.15, 0.2) is 48.5 Å². The molecule has 32 heavy (non-hydrogen) atoms. The van der Waals surface area contributed by atoms with Crippen molar-refractivity contribution in [2.75, 3.05) is 20.4 Å². The first-order valence-corrected chi connectivity index (χ1v) is 11.0. The van der Waals surface area contributed by atoms with Crippen LogP contribution in [0, 0.1) is 5.82 Å². The molecule has 0 fully saturated rings. The minimum Gasteiger partial charge on any atom is -0.454 e. The van der Waals surface area contributed by atoms with Crippen LogP contribution in [0.5, 0.6) is 11.5 Å². The van der Waals surface area contributed by atoms with Crippen LogP contribution in [-0.2, 0) is 17.6 Å². The van der Waals surface area contributed by atoms with E-state index in [9.17, 15) is 9.18 Å². The molecule has 0 unspecified atom stereocenters. The minimum absolute atomic E-state index is 0.153. The smallest absolute Gasteiger partial charge is 0.231 e. The van der Waals surface area contributed by atoms with Crippen LogP contribution < -0.4 is 9.47 Å². The van der Waals surface area contributed by atoms with Crippen molar-refractivity contribution in [3.05, 3.63) is 65.6 Å². The molecule has 2 aromatic carbocycles. The van der Waals surface area contributed by atoms with Crippen LogP contribution in [0.1, 0.15) is 36.9 Å². The second kappa shape index (κ2) is 10.3. The molecular formula is C25H28FN3O3. The molecule has 0 saturated heterocycles. The maximum absolute atomic E-state index is 13.1. The Morgan fingerprint density at radius 2 is 1.84 bits per heavy atom. The van der Waals surface area contributed by atoms with E-state index < -0.39 is 0 Å². The van der Waals surface area contributed by atoms with Crippen molar-refractivity contribution in [3.63, 3.8) is 0 Å². The summed E-state index contributed by atoms with van der Waals surface area (Å²) in [6, 6.07) is 14.2. The summed E-state index contributed by atoms with van der Waals surface area (Å²) in [5.74, 6) is 1.42. The van der Waals surface area contributed by atoms with Crippen molar-refractivity contribution in [3.8, 4) is 22.8 Å². The molecule has 1 aliphatic heterocycles. The Labute approximate surface area is 187 Å². The molecule has 0 spiro atoms. The van der Waals surface area contributed by atoms with Crippen LogP contribution in [0.2, 0.25) is 0 Å². The van der Waals surface area contributed by atoms with Gasteiger partial charge in [-0.2, -0.15) is 5.10 Å². The van der Waals surface area contributed by atoms with Crippen molar-refractivity contribution < 1.29 is 18.7 Å². The molecule has 0 radical (unpaired) electrons. The third-order valence-corrected chi connectivity index (χ3v) is 5.70. The van der Waals surface area contributed by atoms with Gasteiger partial charge in [0.05, 0.1) is 5.69 Å². The first-order chi connectivity index (χ1) is 15.6. The maximum atomic E-state index is 13.1. The fraction of sp³-hybridized carbons (Fsp3) is 0.360. The van der Waals surface area contributed by atoms with Crippen LogP contribution in [0.4, 0.5) is 4.39 Å². The molecule has 2 heterocycles. The molecule has 0 aliphatic carbocycles. The van der Waals surface area contributed by atoms with Gasteiger partial charge in [-0.1, -0.05) is 12.5 Å². The Hall–Kier alpha value is -3.35. The van der Waals surface area contributed by atoms with Gasteiger partial charge in [0, 0.05) is 31.3 Å². The van der Waals surface area contributed by atoms with E-state index in [-0.39, 0.29) is 18.5 Å². The number of aromatic amines is 1. The molecule has 168 valence electrons. The summed E-state index contributed by atoms with van der Waals surface area (Å²) in [6.45, 7) is 1.01. The number of fused-ring (bicyclic) bond motifs is 1. The third kappa shape index (κ3) is 5.66. The van der Waals surface area contributed by atoms with Gasteiger partial charge in [-0.25, -0.2) is 4.39 Å². The van der Waals surface area contributed by atoms with Gasteiger partial charge < -0.3 is 14.4 Å². The van der Waals surface area contributed by atoms with Crippen LogP contribution in [0.25, 0.3) is 11.3 Å². The third-order valence-electron chi connectivity index (χ3n) is 5.70. The van der Waals surface area contributed by atoms with Crippen molar-refractivity contribution in [1.29, 1.82) is 0 Å². The van der Waals surface area contributed by atoms with E-state index >= 15 is 0 Å². The molecule has 6 nitrogen and oxygen atoms in total. The van der Waals surface area contributed by atoms with E-state index in [1.807, 2.05) is 36.2 Å². The predicted molar refractivity (Wildman–Crippen MR) is 120 cm³/mol. The lowest BCUT2D eigenvalue weighted by Gasteiger charge is -2.17. The number of hydrogen-bond acceptors (Lipinski definition) is 4. The number of aromatic nitrogens is 2. The number of benzene rings is 2. The van der Waals surface area contributed by atoms with Gasteiger partial charge in [0.1, 0.15) is 5.82 Å². The largest absolute Gasteiger partial charge is 0.454 e. The van der Waals surface area contributed by atoms with Crippen molar-refractivity contribution in [1.82, 2.24) is 15.1 Å². The Bertz CT molecular complexity index is 1050.